The van der Waals surface area contributed by atoms with Gasteiger partial charge in [-0.05, 0) is 44.4 Å². The van der Waals surface area contributed by atoms with Crippen LogP contribution in [0.5, 0.6) is 17.2 Å². The van der Waals surface area contributed by atoms with Gasteiger partial charge in [-0.3, -0.25) is 10.1 Å². The van der Waals surface area contributed by atoms with E-state index < -0.39 is 0 Å². The van der Waals surface area contributed by atoms with Crippen molar-refractivity contribution in [3.05, 3.63) is 40.6 Å². The molecule has 0 saturated carbocycles. The molecule has 0 fully saturated rings. The monoisotopic (exact) mass is 418 g/mol. The van der Waals surface area contributed by atoms with Crippen LogP contribution in [0.4, 0.5) is 5.13 Å². The number of ether oxygens (including phenoxy) is 3. The van der Waals surface area contributed by atoms with Crippen LogP contribution in [0, 0.1) is 0 Å². The summed E-state index contributed by atoms with van der Waals surface area (Å²) in [6.07, 6.45) is 0. The van der Waals surface area contributed by atoms with Crippen molar-refractivity contribution in [2.75, 3.05) is 25.1 Å². The molecule has 3 rings (SSSR count). The van der Waals surface area contributed by atoms with E-state index in [2.05, 4.69) is 10.3 Å². The van der Waals surface area contributed by atoms with E-state index in [9.17, 15) is 4.79 Å². The molecule has 6 nitrogen and oxygen atoms in total. The minimum atomic E-state index is -0.281. The maximum absolute atomic E-state index is 12.8. The second kappa shape index (κ2) is 9.57. The van der Waals surface area contributed by atoms with E-state index in [1.54, 1.807) is 23.5 Å². The van der Waals surface area contributed by atoms with Gasteiger partial charge in [0.25, 0.3) is 5.91 Å². The Bertz CT molecular complexity index is 895. The molecule has 0 atom stereocenters. The third-order valence-corrected chi connectivity index (χ3v) is 5.32. The zero-order chi connectivity index (χ0) is 19.9. The Morgan fingerprint density at radius 2 is 1.71 bits per heavy atom. The van der Waals surface area contributed by atoms with Crippen LogP contribution in [0.3, 0.4) is 0 Å². The minimum absolute atomic E-state index is 0.281. The normalized spacial score (nSPS) is 10.5. The number of thiophene rings is 1. The number of hydrogen-bond donors (Lipinski definition) is 1. The first-order chi connectivity index (χ1) is 13.7. The second-order valence-electron chi connectivity index (χ2n) is 5.57. The highest BCUT2D eigenvalue weighted by molar-refractivity contribution is 7.16. The van der Waals surface area contributed by atoms with Gasteiger partial charge in [-0.15, -0.1) is 22.7 Å². The van der Waals surface area contributed by atoms with Gasteiger partial charge in [-0.25, -0.2) is 4.98 Å². The average molecular weight is 419 g/mol. The number of thiazole rings is 1. The average Bonchev–Trinajstić information content (AvgIpc) is 3.36. The molecule has 2 aromatic heterocycles. The molecule has 0 aliphatic carbocycles. The van der Waals surface area contributed by atoms with Gasteiger partial charge >= 0.3 is 0 Å². The molecule has 0 aliphatic rings. The zero-order valence-electron chi connectivity index (χ0n) is 16.0. The van der Waals surface area contributed by atoms with Gasteiger partial charge in [-0.2, -0.15) is 0 Å². The lowest BCUT2D eigenvalue weighted by Gasteiger charge is -2.16. The van der Waals surface area contributed by atoms with Crippen LogP contribution < -0.4 is 19.5 Å². The molecule has 0 spiro atoms. The van der Waals surface area contributed by atoms with Gasteiger partial charge in [-0.1, -0.05) is 6.07 Å². The first-order valence-corrected chi connectivity index (χ1v) is 10.8. The highest BCUT2D eigenvalue weighted by atomic mass is 32.1. The van der Waals surface area contributed by atoms with Gasteiger partial charge < -0.3 is 14.2 Å². The first kappa shape index (κ1) is 20.2. The van der Waals surface area contributed by atoms with Gasteiger partial charge in [0.1, 0.15) is 0 Å². The third kappa shape index (κ3) is 4.63. The molecule has 2 heterocycles. The fraction of sp³-hybridized carbons (Fsp3) is 0.300. The lowest BCUT2D eigenvalue weighted by atomic mass is 10.1. The third-order valence-electron chi connectivity index (χ3n) is 3.67. The molecule has 0 unspecified atom stereocenters. The van der Waals surface area contributed by atoms with Gasteiger partial charge in [0.2, 0.25) is 5.75 Å². The highest BCUT2D eigenvalue weighted by Crippen LogP contribution is 2.39. The molecule has 3 aromatic rings. The summed E-state index contributed by atoms with van der Waals surface area (Å²) < 4.78 is 17.0. The number of carbonyl (C=O) groups excluding carboxylic acids is 1. The van der Waals surface area contributed by atoms with E-state index in [0.717, 1.165) is 10.6 Å². The van der Waals surface area contributed by atoms with Crippen LogP contribution in [0.2, 0.25) is 0 Å². The van der Waals surface area contributed by atoms with E-state index in [-0.39, 0.29) is 5.91 Å². The number of hydrogen-bond acceptors (Lipinski definition) is 7. The molecule has 0 saturated heterocycles. The standard InChI is InChI=1S/C20H22N2O4S2/c1-4-24-15-10-13(11-16(25-5-2)18(15)26-6-3)19(23)22-20-21-14(12-28-20)17-8-7-9-27-17/h7-12H,4-6H2,1-3H3,(H,21,22,23). The van der Waals surface area contributed by atoms with Crippen molar-refractivity contribution in [3.8, 4) is 27.8 Å². The van der Waals surface area contributed by atoms with Crippen LogP contribution in [0.15, 0.2) is 35.0 Å². The molecule has 0 radical (unpaired) electrons. The summed E-state index contributed by atoms with van der Waals surface area (Å²) in [7, 11) is 0. The number of nitrogens with zero attached hydrogens (tertiary/aromatic N) is 1. The Balaban J connectivity index is 1.86. The maximum Gasteiger partial charge on any atom is 0.257 e. The summed E-state index contributed by atoms with van der Waals surface area (Å²) in [4.78, 5) is 18.4. The van der Waals surface area contributed by atoms with Gasteiger partial charge in [0.15, 0.2) is 16.6 Å². The van der Waals surface area contributed by atoms with E-state index in [4.69, 9.17) is 14.2 Å². The molecule has 148 valence electrons. The summed E-state index contributed by atoms with van der Waals surface area (Å²) in [5, 5.41) is 7.32. The Morgan fingerprint density at radius 1 is 1.04 bits per heavy atom. The second-order valence-corrected chi connectivity index (χ2v) is 7.38. The minimum Gasteiger partial charge on any atom is -0.490 e. The number of amides is 1. The summed E-state index contributed by atoms with van der Waals surface area (Å²) >= 11 is 3.00. The predicted octanol–water partition coefficient (Wildman–Crippen LogP) is 5.32. The lowest BCUT2D eigenvalue weighted by Crippen LogP contribution is -2.13. The number of anilines is 1. The Labute approximate surface area is 172 Å². The molecule has 0 aliphatic heterocycles. The van der Waals surface area contributed by atoms with Crippen molar-refractivity contribution < 1.29 is 19.0 Å². The molecular formula is C20H22N2O4S2. The Morgan fingerprint density at radius 3 is 2.29 bits per heavy atom. The molecule has 1 aromatic carbocycles. The van der Waals surface area contributed by atoms with E-state index >= 15 is 0 Å². The quantitative estimate of drug-likeness (QED) is 0.509. The Kier molecular flexibility index (Phi) is 6.89. The molecule has 28 heavy (non-hydrogen) atoms. The number of benzene rings is 1. The fourth-order valence-electron chi connectivity index (χ4n) is 2.56. The van der Waals surface area contributed by atoms with Crippen molar-refractivity contribution in [3.63, 3.8) is 0 Å². The number of carbonyl (C=O) groups is 1. The summed E-state index contributed by atoms with van der Waals surface area (Å²) in [6, 6.07) is 7.31. The van der Waals surface area contributed by atoms with Crippen molar-refractivity contribution in [2.45, 2.75) is 20.8 Å². The van der Waals surface area contributed by atoms with Crippen LogP contribution >= 0.6 is 22.7 Å². The smallest absolute Gasteiger partial charge is 0.257 e. The highest BCUT2D eigenvalue weighted by Gasteiger charge is 2.19. The number of rotatable bonds is 9. The Hall–Kier alpha value is -2.58. The van der Waals surface area contributed by atoms with E-state index in [0.29, 0.717) is 47.8 Å². The fourth-order valence-corrected chi connectivity index (χ4v) is 4.02. The maximum atomic E-state index is 12.8. The van der Waals surface area contributed by atoms with Gasteiger partial charge in [0, 0.05) is 10.9 Å². The predicted molar refractivity (Wildman–Crippen MR) is 113 cm³/mol. The van der Waals surface area contributed by atoms with Crippen molar-refractivity contribution in [1.29, 1.82) is 0 Å². The van der Waals surface area contributed by atoms with E-state index in [1.807, 2.05) is 43.7 Å². The van der Waals surface area contributed by atoms with Crippen LogP contribution in [-0.2, 0) is 0 Å². The molecular weight excluding hydrogens is 396 g/mol. The number of nitrogens with one attached hydrogen (secondary N) is 1. The molecule has 8 heteroatoms. The molecule has 1 N–H and O–H groups in total. The lowest BCUT2D eigenvalue weighted by molar-refractivity contribution is 0.102. The topological polar surface area (TPSA) is 69.7 Å². The molecule has 1 amide bonds. The van der Waals surface area contributed by atoms with Crippen LogP contribution in [-0.4, -0.2) is 30.7 Å². The SMILES string of the molecule is CCOc1cc(C(=O)Nc2nc(-c3cccs3)cs2)cc(OCC)c1OCC. The van der Waals surface area contributed by atoms with Crippen LogP contribution in [0.1, 0.15) is 31.1 Å². The summed E-state index contributed by atoms with van der Waals surface area (Å²) in [5.41, 5.74) is 1.27. The largest absolute Gasteiger partial charge is 0.490 e. The van der Waals surface area contributed by atoms with Crippen molar-refractivity contribution in [2.24, 2.45) is 0 Å². The summed E-state index contributed by atoms with van der Waals surface area (Å²) in [6.45, 7) is 7.02. The van der Waals surface area contributed by atoms with Gasteiger partial charge in [0.05, 0.1) is 30.4 Å². The number of aromatic nitrogens is 1. The van der Waals surface area contributed by atoms with E-state index in [1.165, 1.54) is 11.3 Å². The van der Waals surface area contributed by atoms with Crippen molar-refractivity contribution in [1.82, 2.24) is 4.98 Å². The summed E-state index contributed by atoms with van der Waals surface area (Å²) in [5.74, 6) is 1.20. The van der Waals surface area contributed by atoms with Crippen LogP contribution in [0.25, 0.3) is 10.6 Å². The first-order valence-electron chi connectivity index (χ1n) is 9.03. The zero-order valence-corrected chi connectivity index (χ0v) is 17.6. The van der Waals surface area contributed by atoms with Crippen molar-refractivity contribution >= 4 is 33.7 Å². The molecule has 0 bridgehead atoms.